The summed E-state index contributed by atoms with van der Waals surface area (Å²) in [6.07, 6.45) is 6.37. The molecule has 0 fully saturated rings. The summed E-state index contributed by atoms with van der Waals surface area (Å²) in [5.41, 5.74) is 8.92. The molecule has 2 aliphatic rings. The highest BCUT2D eigenvalue weighted by Gasteiger charge is 2.37. The minimum absolute atomic E-state index is 0.0416. The lowest BCUT2D eigenvalue weighted by molar-refractivity contribution is -0.118. The van der Waals surface area contributed by atoms with Crippen molar-refractivity contribution in [1.29, 1.82) is 0 Å². The van der Waals surface area contributed by atoms with Crippen molar-refractivity contribution in [2.45, 2.75) is 32.4 Å². The molecule has 21 heavy (non-hydrogen) atoms. The van der Waals surface area contributed by atoms with E-state index in [1.807, 2.05) is 25.3 Å². The molecule has 1 amide bonds. The van der Waals surface area contributed by atoms with Gasteiger partial charge in [0.2, 0.25) is 5.91 Å². The fourth-order valence-electron chi connectivity index (χ4n) is 2.85. The van der Waals surface area contributed by atoms with Crippen LogP contribution in [0.2, 0.25) is 0 Å². The molecule has 0 aliphatic carbocycles. The Balaban J connectivity index is 1.98. The molecule has 2 atom stereocenters. The number of hydrogen-bond acceptors (Lipinski definition) is 3. The molecule has 2 heterocycles. The molecule has 2 aliphatic heterocycles. The van der Waals surface area contributed by atoms with E-state index in [-0.39, 0.29) is 18.0 Å². The van der Waals surface area contributed by atoms with Gasteiger partial charge in [-0.3, -0.25) is 9.79 Å². The van der Waals surface area contributed by atoms with Gasteiger partial charge in [0.25, 0.3) is 0 Å². The molecule has 108 valence electrons. The molecule has 0 bridgehead atoms. The monoisotopic (exact) mass is 281 g/mol. The second kappa shape index (κ2) is 5.20. The summed E-state index contributed by atoms with van der Waals surface area (Å²) in [5.74, 6) is 0.603. The summed E-state index contributed by atoms with van der Waals surface area (Å²) in [4.78, 5) is 18.3. The predicted octanol–water partition coefficient (Wildman–Crippen LogP) is 2.47. The maximum Gasteiger partial charge on any atom is 0.219 e. The Morgan fingerprint density at radius 2 is 1.95 bits per heavy atom. The molecule has 3 rings (SSSR count). The van der Waals surface area contributed by atoms with Gasteiger partial charge in [0.15, 0.2) is 0 Å². The highest BCUT2D eigenvalue weighted by atomic mass is 16.1. The molecule has 0 saturated carbocycles. The predicted molar refractivity (Wildman–Crippen MR) is 83.7 cm³/mol. The SMILES string of the molecule is CC1=CN2C(=NC(c3ccc(C)cc3)C2CC(N)=O)C=C1. The van der Waals surface area contributed by atoms with Crippen LogP contribution in [0.4, 0.5) is 0 Å². The van der Waals surface area contributed by atoms with E-state index >= 15 is 0 Å². The number of nitrogens with zero attached hydrogens (tertiary/aromatic N) is 2. The topological polar surface area (TPSA) is 58.7 Å². The Morgan fingerprint density at radius 3 is 2.62 bits per heavy atom. The first-order valence-corrected chi connectivity index (χ1v) is 7.12. The van der Waals surface area contributed by atoms with Crippen LogP contribution in [-0.2, 0) is 4.79 Å². The van der Waals surface area contributed by atoms with E-state index in [1.54, 1.807) is 0 Å². The highest BCUT2D eigenvalue weighted by molar-refractivity contribution is 5.97. The Bertz CT molecular complexity index is 655. The number of fused-ring (bicyclic) bond motifs is 1. The van der Waals surface area contributed by atoms with E-state index in [1.165, 1.54) is 5.56 Å². The van der Waals surface area contributed by atoms with Crippen molar-refractivity contribution in [2.75, 3.05) is 0 Å². The van der Waals surface area contributed by atoms with Crippen LogP contribution in [0.15, 0.2) is 53.2 Å². The summed E-state index contributed by atoms with van der Waals surface area (Å²) < 4.78 is 0. The van der Waals surface area contributed by atoms with Gasteiger partial charge in [-0.1, -0.05) is 35.9 Å². The Labute approximate surface area is 124 Å². The van der Waals surface area contributed by atoms with Gasteiger partial charge >= 0.3 is 0 Å². The lowest BCUT2D eigenvalue weighted by atomic mass is 9.96. The lowest BCUT2D eigenvalue weighted by Crippen LogP contribution is -2.37. The number of aryl methyl sites for hydroxylation is 1. The highest BCUT2D eigenvalue weighted by Crippen LogP contribution is 2.35. The van der Waals surface area contributed by atoms with Crippen LogP contribution < -0.4 is 5.73 Å². The zero-order chi connectivity index (χ0) is 15.0. The summed E-state index contributed by atoms with van der Waals surface area (Å²) in [6, 6.07) is 8.21. The summed E-state index contributed by atoms with van der Waals surface area (Å²) in [5, 5.41) is 0. The minimum Gasteiger partial charge on any atom is -0.370 e. The van der Waals surface area contributed by atoms with Crippen molar-refractivity contribution < 1.29 is 4.79 Å². The van der Waals surface area contributed by atoms with Gasteiger partial charge in [0.05, 0.1) is 12.1 Å². The van der Waals surface area contributed by atoms with Gasteiger partial charge in [-0.05, 0) is 31.1 Å². The average Bonchev–Trinajstić information content (AvgIpc) is 2.77. The molecular formula is C17H19N3O. The molecule has 0 spiro atoms. The van der Waals surface area contributed by atoms with Crippen molar-refractivity contribution >= 4 is 11.7 Å². The molecule has 4 heteroatoms. The first kappa shape index (κ1) is 13.6. The number of rotatable bonds is 3. The van der Waals surface area contributed by atoms with Crippen LogP contribution in [0.5, 0.6) is 0 Å². The van der Waals surface area contributed by atoms with E-state index in [2.05, 4.69) is 36.1 Å². The summed E-state index contributed by atoms with van der Waals surface area (Å²) >= 11 is 0. The third-order valence-corrected chi connectivity index (χ3v) is 3.92. The van der Waals surface area contributed by atoms with Crippen molar-refractivity contribution in [2.24, 2.45) is 10.7 Å². The number of aliphatic imine (C=N–C) groups is 1. The number of carbonyl (C=O) groups is 1. The number of carbonyl (C=O) groups excluding carboxylic acids is 1. The minimum atomic E-state index is -0.297. The zero-order valence-electron chi connectivity index (χ0n) is 12.3. The molecular weight excluding hydrogens is 262 g/mol. The molecule has 0 saturated heterocycles. The van der Waals surface area contributed by atoms with Crippen LogP contribution in [0.25, 0.3) is 0 Å². The first-order chi connectivity index (χ1) is 10.0. The smallest absolute Gasteiger partial charge is 0.219 e. The number of hydrogen-bond donors (Lipinski definition) is 1. The van der Waals surface area contributed by atoms with Gasteiger partial charge < -0.3 is 10.6 Å². The summed E-state index contributed by atoms with van der Waals surface area (Å²) in [7, 11) is 0. The van der Waals surface area contributed by atoms with Crippen molar-refractivity contribution in [3.05, 3.63) is 59.3 Å². The average molecular weight is 281 g/mol. The molecule has 1 aromatic carbocycles. The zero-order valence-corrected chi connectivity index (χ0v) is 12.3. The van der Waals surface area contributed by atoms with Gasteiger partial charge in [0, 0.05) is 12.6 Å². The quantitative estimate of drug-likeness (QED) is 0.925. The van der Waals surface area contributed by atoms with Crippen LogP contribution in [0.3, 0.4) is 0 Å². The molecule has 4 nitrogen and oxygen atoms in total. The lowest BCUT2D eigenvalue weighted by Gasteiger charge is -2.28. The number of amidine groups is 1. The largest absolute Gasteiger partial charge is 0.370 e. The first-order valence-electron chi connectivity index (χ1n) is 7.12. The van der Waals surface area contributed by atoms with Crippen LogP contribution in [0, 0.1) is 6.92 Å². The van der Waals surface area contributed by atoms with Gasteiger partial charge in [-0.2, -0.15) is 0 Å². The number of allylic oxidation sites excluding steroid dienone is 2. The fraction of sp³-hybridized carbons (Fsp3) is 0.294. The second-order valence-corrected chi connectivity index (χ2v) is 5.69. The van der Waals surface area contributed by atoms with Crippen LogP contribution in [-0.4, -0.2) is 22.7 Å². The molecule has 1 aromatic rings. The standard InChI is InChI=1S/C17H19N3O/c1-11-3-6-13(7-4-11)17-14(9-15(18)21)20-10-12(2)5-8-16(20)19-17/h3-8,10,14,17H,9H2,1-2H3,(H2,18,21). The third-order valence-electron chi connectivity index (χ3n) is 3.92. The van der Waals surface area contributed by atoms with Crippen LogP contribution in [0.1, 0.15) is 30.5 Å². The number of primary amides is 1. The van der Waals surface area contributed by atoms with E-state index in [9.17, 15) is 4.79 Å². The Hall–Kier alpha value is -2.36. The van der Waals surface area contributed by atoms with E-state index in [4.69, 9.17) is 10.7 Å². The molecule has 0 aromatic heterocycles. The van der Waals surface area contributed by atoms with Gasteiger partial charge in [-0.15, -0.1) is 0 Å². The van der Waals surface area contributed by atoms with Crippen LogP contribution >= 0.6 is 0 Å². The maximum atomic E-state index is 11.4. The second-order valence-electron chi connectivity index (χ2n) is 5.69. The van der Waals surface area contributed by atoms with E-state index in [0.717, 1.165) is 17.0 Å². The van der Waals surface area contributed by atoms with E-state index in [0.29, 0.717) is 6.42 Å². The van der Waals surface area contributed by atoms with Gasteiger partial charge in [-0.25, -0.2) is 0 Å². The Kier molecular flexibility index (Phi) is 3.37. The third kappa shape index (κ3) is 2.61. The van der Waals surface area contributed by atoms with Gasteiger partial charge in [0.1, 0.15) is 5.84 Å². The van der Waals surface area contributed by atoms with Crippen molar-refractivity contribution in [3.63, 3.8) is 0 Å². The number of nitrogens with two attached hydrogens (primary N) is 1. The maximum absolute atomic E-state index is 11.4. The van der Waals surface area contributed by atoms with Crippen molar-refractivity contribution in [1.82, 2.24) is 4.90 Å². The number of benzene rings is 1. The molecule has 0 radical (unpaired) electrons. The molecule has 2 N–H and O–H groups in total. The van der Waals surface area contributed by atoms with Crippen molar-refractivity contribution in [3.8, 4) is 0 Å². The fourth-order valence-corrected chi connectivity index (χ4v) is 2.85. The summed E-state index contributed by atoms with van der Waals surface area (Å²) in [6.45, 7) is 4.09. The normalized spacial score (nSPS) is 23.6. The van der Waals surface area contributed by atoms with E-state index < -0.39 is 0 Å². The molecule has 2 unspecified atom stereocenters. The Morgan fingerprint density at radius 1 is 1.24 bits per heavy atom. The number of amides is 1.